The van der Waals surface area contributed by atoms with Crippen LogP contribution in [0.1, 0.15) is 13.8 Å². The van der Waals surface area contributed by atoms with Gasteiger partial charge in [-0.1, -0.05) is 26.0 Å². The molecule has 1 heterocycles. The summed E-state index contributed by atoms with van der Waals surface area (Å²) in [6.07, 6.45) is 0. The summed E-state index contributed by atoms with van der Waals surface area (Å²) in [5, 5.41) is 29.3. The molecule has 4 heteroatoms. The van der Waals surface area contributed by atoms with Gasteiger partial charge in [-0.05, 0) is 89.3 Å². The van der Waals surface area contributed by atoms with Crippen LogP contribution in [-0.4, -0.2) is 19.9 Å². The molecule has 30 heavy (non-hydrogen) atoms. The number of benzene rings is 3. The summed E-state index contributed by atoms with van der Waals surface area (Å²) in [4.78, 5) is 0. The smallest absolute Gasteiger partial charge is 0.115 e. The summed E-state index contributed by atoms with van der Waals surface area (Å²) in [7, 11) is 0. The van der Waals surface area contributed by atoms with E-state index in [2.05, 4.69) is 24.5 Å². The summed E-state index contributed by atoms with van der Waals surface area (Å²) in [6, 6.07) is 23.8. The number of hydrogen-bond donors (Lipinski definition) is 3. The van der Waals surface area contributed by atoms with Crippen LogP contribution < -0.4 is 0 Å². The van der Waals surface area contributed by atoms with Crippen molar-refractivity contribution >= 4 is 0 Å². The van der Waals surface area contributed by atoms with E-state index in [0.717, 1.165) is 40.2 Å². The fourth-order valence-corrected chi connectivity index (χ4v) is 3.77. The first-order valence-electron chi connectivity index (χ1n) is 10.0. The highest BCUT2D eigenvalue weighted by Gasteiger charge is 2.20. The van der Waals surface area contributed by atoms with Crippen LogP contribution in [0.3, 0.4) is 0 Å². The molecule has 0 aliphatic heterocycles. The van der Waals surface area contributed by atoms with E-state index in [-0.39, 0.29) is 17.2 Å². The number of nitrogens with zero attached hydrogens (tertiary/aromatic N) is 1. The molecular formula is C26H25NO3. The van der Waals surface area contributed by atoms with Crippen LogP contribution in [0.25, 0.3) is 33.6 Å². The Balaban J connectivity index is 2.01. The Morgan fingerprint density at radius 1 is 0.633 bits per heavy atom. The summed E-state index contributed by atoms with van der Waals surface area (Å²) in [5.41, 5.74) is 6.16. The summed E-state index contributed by atoms with van der Waals surface area (Å²) in [5.74, 6) is 1.10. The van der Waals surface area contributed by atoms with Crippen LogP contribution in [-0.2, 0) is 6.54 Å². The second kappa shape index (κ2) is 7.99. The van der Waals surface area contributed by atoms with E-state index in [1.807, 2.05) is 36.4 Å². The van der Waals surface area contributed by atoms with Gasteiger partial charge in [-0.3, -0.25) is 0 Å². The zero-order valence-electron chi connectivity index (χ0n) is 17.1. The molecule has 0 aliphatic rings. The van der Waals surface area contributed by atoms with Gasteiger partial charge in [0, 0.05) is 17.8 Å². The zero-order chi connectivity index (χ0) is 21.3. The maximum absolute atomic E-state index is 9.79. The minimum atomic E-state index is 0.227. The van der Waals surface area contributed by atoms with Crippen molar-refractivity contribution in [3.8, 4) is 50.9 Å². The molecule has 0 radical (unpaired) electrons. The van der Waals surface area contributed by atoms with Gasteiger partial charge in [0.1, 0.15) is 17.2 Å². The average molecular weight is 399 g/mol. The molecule has 4 rings (SSSR count). The van der Waals surface area contributed by atoms with Gasteiger partial charge in [-0.2, -0.15) is 0 Å². The van der Waals surface area contributed by atoms with Crippen molar-refractivity contribution in [1.29, 1.82) is 0 Å². The van der Waals surface area contributed by atoms with E-state index in [9.17, 15) is 15.3 Å². The SMILES string of the molecule is CC(C)Cn1c(-c2ccc(O)cc2)cc(-c2ccc(O)cc2)c1-c1ccc(O)cc1. The lowest BCUT2D eigenvalue weighted by molar-refractivity contribution is 0.475. The van der Waals surface area contributed by atoms with Crippen LogP contribution in [0.5, 0.6) is 17.2 Å². The molecule has 0 bridgehead atoms. The fourth-order valence-electron chi connectivity index (χ4n) is 3.77. The van der Waals surface area contributed by atoms with Crippen molar-refractivity contribution in [2.75, 3.05) is 0 Å². The summed E-state index contributed by atoms with van der Waals surface area (Å²) >= 11 is 0. The van der Waals surface area contributed by atoms with Gasteiger partial charge < -0.3 is 19.9 Å². The molecule has 0 saturated heterocycles. The first-order chi connectivity index (χ1) is 14.4. The van der Waals surface area contributed by atoms with Crippen LogP contribution in [0.15, 0.2) is 78.9 Å². The first kappa shape index (κ1) is 19.6. The molecule has 4 aromatic rings. The van der Waals surface area contributed by atoms with Crippen LogP contribution in [0, 0.1) is 5.92 Å². The number of aromatic nitrogens is 1. The first-order valence-corrected chi connectivity index (χ1v) is 10.0. The minimum absolute atomic E-state index is 0.227. The number of phenolic OH excluding ortho intramolecular Hbond substituents is 3. The molecule has 0 amide bonds. The molecule has 0 saturated carbocycles. The molecule has 0 aliphatic carbocycles. The van der Waals surface area contributed by atoms with Crippen LogP contribution >= 0.6 is 0 Å². The Kier molecular flexibility index (Phi) is 5.23. The molecule has 0 unspecified atom stereocenters. The third kappa shape index (κ3) is 3.90. The molecule has 3 N–H and O–H groups in total. The molecule has 3 aromatic carbocycles. The van der Waals surface area contributed by atoms with Gasteiger partial charge in [0.25, 0.3) is 0 Å². The average Bonchev–Trinajstić information content (AvgIpc) is 3.08. The van der Waals surface area contributed by atoms with Crippen molar-refractivity contribution in [2.45, 2.75) is 20.4 Å². The maximum atomic E-state index is 9.79. The summed E-state index contributed by atoms with van der Waals surface area (Å²) < 4.78 is 2.30. The lowest BCUT2D eigenvalue weighted by Crippen LogP contribution is -2.07. The third-order valence-electron chi connectivity index (χ3n) is 5.13. The van der Waals surface area contributed by atoms with Gasteiger partial charge in [-0.25, -0.2) is 0 Å². The van der Waals surface area contributed by atoms with E-state index >= 15 is 0 Å². The van der Waals surface area contributed by atoms with Gasteiger partial charge in [0.2, 0.25) is 0 Å². The van der Waals surface area contributed by atoms with Crippen LogP contribution in [0.2, 0.25) is 0 Å². The number of hydrogen-bond acceptors (Lipinski definition) is 3. The number of aromatic hydroxyl groups is 3. The Labute approximate surface area is 176 Å². The predicted octanol–water partition coefficient (Wildman–Crippen LogP) is 6.26. The Morgan fingerprint density at radius 2 is 1.07 bits per heavy atom. The third-order valence-corrected chi connectivity index (χ3v) is 5.13. The molecule has 0 fully saturated rings. The predicted molar refractivity (Wildman–Crippen MR) is 121 cm³/mol. The van der Waals surface area contributed by atoms with Gasteiger partial charge >= 0.3 is 0 Å². The highest BCUT2D eigenvalue weighted by Crippen LogP contribution is 2.40. The van der Waals surface area contributed by atoms with E-state index < -0.39 is 0 Å². The maximum Gasteiger partial charge on any atom is 0.115 e. The molecule has 4 nitrogen and oxygen atoms in total. The summed E-state index contributed by atoms with van der Waals surface area (Å²) in [6.45, 7) is 5.17. The fraction of sp³-hybridized carbons (Fsp3) is 0.154. The monoisotopic (exact) mass is 399 g/mol. The van der Waals surface area contributed by atoms with Crippen molar-refractivity contribution in [2.24, 2.45) is 5.92 Å². The van der Waals surface area contributed by atoms with Gasteiger partial charge in [-0.15, -0.1) is 0 Å². The number of rotatable bonds is 5. The Hall–Kier alpha value is -3.66. The zero-order valence-corrected chi connectivity index (χ0v) is 17.1. The van der Waals surface area contributed by atoms with E-state index in [1.165, 1.54) is 0 Å². The lowest BCUT2D eigenvalue weighted by atomic mass is 10.0. The normalized spacial score (nSPS) is 11.2. The largest absolute Gasteiger partial charge is 0.508 e. The standard InChI is InChI=1S/C26H25NO3/c1-17(2)16-27-25(19-5-11-22(29)12-6-19)15-24(18-3-9-21(28)10-4-18)26(27)20-7-13-23(30)14-8-20/h3-15,17,28-30H,16H2,1-2H3. The highest BCUT2D eigenvalue weighted by atomic mass is 16.3. The van der Waals surface area contributed by atoms with E-state index in [0.29, 0.717) is 5.92 Å². The van der Waals surface area contributed by atoms with E-state index in [4.69, 9.17) is 0 Å². The van der Waals surface area contributed by atoms with Crippen molar-refractivity contribution in [3.05, 3.63) is 78.9 Å². The molecule has 0 atom stereocenters. The number of phenols is 3. The minimum Gasteiger partial charge on any atom is -0.508 e. The van der Waals surface area contributed by atoms with Crippen LogP contribution in [0.4, 0.5) is 0 Å². The van der Waals surface area contributed by atoms with Crippen molar-refractivity contribution < 1.29 is 15.3 Å². The quantitative estimate of drug-likeness (QED) is 0.371. The molecule has 0 spiro atoms. The lowest BCUT2D eigenvalue weighted by Gasteiger charge is -2.17. The Morgan fingerprint density at radius 3 is 1.53 bits per heavy atom. The van der Waals surface area contributed by atoms with Gasteiger partial charge in [0.15, 0.2) is 0 Å². The second-order valence-corrected chi connectivity index (χ2v) is 7.94. The molecule has 152 valence electrons. The second-order valence-electron chi connectivity index (χ2n) is 7.94. The van der Waals surface area contributed by atoms with Crippen molar-refractivity contribution in [1.82, 2.24) is 4.57 Å². The molecular weight excluding hydrogens is 374 g/mol. The van der Waals surface area contributed by atoms with E-state index in [1.54, 1.807) is 36.4 Å². The topological polar surface area (TPSA) is 65.6 Å². The van der Waals surface area contributed by atoms with Crippen molar-refractivity contribution in [3.63, 3.8) is 0 Å². The molecule has 1 aromatic heterocycles. The van der Waals surface area contributed by atoms with Gasteiger partial charge in [0.05, 0.1) is 5.69 Å². The Bertz CT molecular complexity index is 1140. The highest BCUT2D eigenvalue weighted by molar-refractivity contribution is 5.87.